The van der Waals surface area contributed by atoms with E-state index < -0.39 is 11.7 Å². The largest absolute Gasteiger partial charge is 0.416 e. The molecular formula is C21H28F3N5O. The number of benzene rings is 1. The van der Waals surface area contributed by atoms with Crippen molar-refractivity contribution in [3.05, 3.63) is 23.8 Å². The summed E-state index contributed by atoms with van der Waals surface area (Å²) in [5.74, 6) is 0.932. The van der Waals surface area contributed by atoms with Gasteiger partial charge >= 0.3 is 6.18 Å². The number of aromatic nitrogens is 2. The first kappa shape index (κ1) is 21.0. The molecule has 9 heteroatoms. The highest BCUT2D eigenvalue weighted by Crippen LogP contribution is 2.33. The SMILES string of the molecule is CCC1CCC(N2CC(NC(=O)CNc3n[nH]c4ccc(C(F)(F)F)cc34)C2)CC1. The minimum absolute atomic E-state index is 0.0334. The summed E-state index contributed by atoms with van der Waals surface area (Å²) in [6.07, 6.45) is 1.92. The molecule has 2 fully saturated rings. The fraction of sp³-hybridized carbons (Fsp3) is 0.619. The number of hydrogen-bond acceptors (Lipinski definition) is 4. The summed E-state index contributed by atoms with van der Waals surface area (Å²) in [6.45, 7) is 3.96. The highest BCUT2D eigenvalue weighted by molar-refractivity contribution is 5.92. The third-order valence-corrected chi connectivity index (χ3v) is 6.49. The van der Waals surface area contributed by atoms with Gasteiger partial charge in [-0.2, -0.15) is 18.3 Å². The van der Waals surface area contributed by atoms with Crippen molar-refractivity contribution in [3.63, 3.8) is 0 Å². The number of H-pyrrole nitrogens is 1. The van der Waals surface area contributed by atoms with E-state index in [1.54, 1.807) is 0 Å². The summed E-state index contributed by atoms with van der Waals surface area (Å²) in [5.41, 5.74) is -0.259. The van der Waals surface area contributed by atoms with Crippen LogP contribution in [-0.2, 0) is 11.0 Å². The maximum atomic E-state index is 12.9. The molecule has 2 heterocycles. The molecule has 2 aromatic rings. The number of carbonyl (C=O) groups excluding carboxylic acids is 1. The summed E-state index contributed by atoms with van der Waals surface area (Å²) >= 11 is 0. The van der Waals surface area contributed by atoms with Crippen LogP contribution in [0.5, 0.6) is 0 Å². The molecule has 2 aliphatic rings. The third-order valence-electron chi connectivity index (χ3n) is 6.49. The first-order valence-electron chi connectivity index (χ1n) is 10.7. The van der Waals surface area contributed by atoms with Crippen molar-refractivity contribution < 1.29 is 18.0 Å². The van der Waals surface area contributed by atoms with Gasteiger partial charge in [0.15, 0.2) is 5.82 Å². The molecule has 6 nitrogen and oxygen atoms in total. The van der Waals surface area contributed by atoms with Crippen molar-refractivity contribution in [2.45, 2.75) is 57.3 Å². The number of rotatable bonds is 6. The van der Waals surface area contributed by atoms with Crippen LogP contribution in [0.1, 0.15) is 44.6 Å². The van der Waals surface area contributed by atoms with Crippen LogP contribution in [-0.4, -0.2) is 52.7 Å². The highest BCUT2D eigenvalue weighted by Gasteiger charge is 2.35. The fourth-order valence-electron chi connectivity index (χ4n) is 4.59. The summed E-state index contributed by atoms with van der Waals surface area (Å²) in [6, 6.07) is 4.16. The topological polar surface area (TPSA) is 73.1 Å². The molecule has 1 aromatic heterocycles. The Kier molecular flexibility index (Phi) is 5.90. The average Bonchev–Trinajstić information content (AvgIpc) is 3.10. The number of anilines is 1. The lowest BCUT2D eigenvalue weighted by molar-refractivity contribution is -0.137. The Labute approximate surface area is 173 Å². The Morgan fingerprint density at radius 1 is 1.23 bits per heavy atom. The number of amides is 1. The Bertz CT molecular complexity index is 882. The maximum absolute atomic E-state index is 12.9. The van der Waals surface area contributed by atoms with E-state index in [0.717, 1.165) is 31.1 Å². The summed E-state index contributed by atoms with van der Waals surface area (Å²) in [4.78, 5) is 14.7. The Morgan fingerprint density at radius 2 is 1.97 bits per heavy atom. The minimum Gasteiger partial charge on any atom is -0.359 e. The molecule has 1 saturated carbocycles. The van der Waals surface area contributed by atoms with Crippen LogP contribution in [0.2, 0.25) is 0 Å². The lowest BCUT2D eigenvalue weighted by atomic mass is 9.83. The Hall–Kier alpha value is -2.29. The van der Waals surface area contributed by atoms with Crippen LogP contribution >= 0.6 is 0 Å². The zero-order valence-electron chi connectivity index (χ0n) is 17.1. The number of hydrogen-bond donors (Lipinski definition) is 3. The molecule has 1 amide bonds. The molecule has 1 aliphatic carbocycles. The molecule has 0 spiro atoms. The molecule has 164 valence electrons. The summed E-state index contributed by atoms with van der Waals surface area (Å²) < 4.78 is 38.8. The zero-order chi connectivity index (χ0) is 21.3. The molecule has 0 unspecified atom stereocenters. The molecule has 1 aromatic carbocycles. The van der Waals surface area contributed by atoms with E-state index in [1.165, 1.54) is 38.2 Å². The highest BCUT2D eigenvalue weighted by atomic mass is 19.4. The molecular weight excluding hydrogens is 395 g/mol. The smallest absolute Gasteiger partial charge is 0.359 e. The maximum Gasteiger partial charge on any atom is 0.416 e. The molecule has 0 radical (unpaired) electrons. The molecule has 1 aliphatic heterocycles. The average molecular weight is 423 g/mol. The molecule has 30 heavy (non-hydrogen) atoms. The lowest BCUT2D eigenvalue weighted by Crippen LogP contribution is -2.63. The fourth-order valence-corrected chi connectivity index (χ4v) is 4.59. The van der Waals surface area contributed by atoms with Crippen molar-refractivity contribution in [2.24, 2.45) is 5.92 Å². The van der Waals surface area contributed by atoms with Gasteiger partial charge in [-0.1, -0.05) is 13.3 Å². The predicted molar refractivity (Wildman–Crippen MR) is 109 cm³/mol. The summed E-state index contributed by atoms with van der Waals surface area (Å²) in [7, 11) is 0. The van der Waals surface area contributed by atoms with Gasteiger partial charge in [-0.05, 0) is 49.8 Å². The van der Waals surface area contributed by atoms with Gasteiger partial charge in [0.05, 0.1) is 23.7 Å². The van der Waals surface area contributed by atoms with Crippen LogP contribution in [0.15, 0.2) is 18.2 Å². The number of carbonyl (C=O) groups is 1. The van der Waals surface area contributed by atoms with Crippen LogP contribution in [0.25, 0.3) is 10.9 Å². The van der Waals surface area contributed by atoms with E-state index in [4.69, 9.17) is 0 Å². The molecule has 1 saturated heterocycles. The van der Waals surface area contributed by atoms with Crippen LogP contribution in [0.3, 0.4) is 0 Å². The second-order valence-electron chi connectivity index (χ2n) is 8.49. The van der Waals surface area contributed by atoms with Crippen molar-refractivity contribution in [1.29, 1.82) is 0 Å². The van der Waals surface area contributed by atoms with Gasteiger partial charge in [-0.25, -0.2) is 0 Å². The van der Waals surface area contributed by atoms with Crippen LogP contribution in [0, 0.1) is 5.92 Å². The number of nitrogens with one attached hydrogen (secondary N) is 3. The normalized spacial score (nSPS) is 23.3. The van der Waals surface area contributed by atoms with E-state index in [1.807, 2.05) is 0 Å². The minimum atomic E-state index is -4.42. The van der Waals surface area contributed by atoms with Crippen LogP contribution in [0.4, 0.5) is 19.0 Å². The van der Waals surface area contributed by atoms with E-state index >= 15 is 0 Å². The van der Waals surface area contributed by atoms with E-state index in [0.29, 0.717) is 16.9 Å². The van der Waals surface area contributed by atoms with E-state index in [-0.39, 0.29) is 24.3 Å². The van der Waals surface area contributed by atoms with Crippen molar-refractivity contribution in [1.82, 2.24) is 20.4 Å². The van der Waals surface area contributed by atoms with Crippen molar-refractivity contribution in [3.8, 4) is 0 Å². The number of likely N-dealkylation sites (tertiary alicyclic amines) is 1. The number of fused-ring (bicyclic) bond motifs is 1. The number of alkyl halides is 3. The second-order valence-corrected chi connectivity index (χ2v) is 8.49. The van der Waals surface area contributed by atoms with Gasteiger partial charge < -0.3 is 10.6 Å². The van der Waals surface area contributed by atoms with E-state index in [9.17, 15) is 18.0 Å². The lowest BCUT2D eigenvalue weighted by Gasteiger charge is -2.46. The van der Waals surface area contributed by atoms with Crippen molar-refractivity contribution >= 4 is 22.6 Å². The zero-order valence-corrected chi connectivity index (χ0v) is 17.1. The molecule has 3 N–H and O–H groups in total. The molecule has 0 bridgehead atoms. The number of halogens is 3. The van der Waals surface area contributed by atoms with Crippen LogP contribution < -0.4 is 10.6 Å². The standard InChI is InChI=1S/C21H28F3N5O/c1-2-13-3-6-16(7-4-13)29-11-15(12-29)26-19(30)10-25-20-17-9-14(21(22,23)24)5-8-18(17)27-28-20/h5,8-9,13,15-16H,2-4,6-7,10-12H2,1H3,(H,26,30)(H2,25,27,28). The number of aromatic amines is 1. The van der Waals surface area contributed by atoms with Gasteiger partial charge in [0.25, 0.3) is 0 Å². The Balaban J connectivity index is 1.24. The van der Waals surface area contributed by atoms with Gasteiger partial charge in [-0.15, -0.1) is 0 Å². The first-order chi connectivity index (χ1) is 14.3. The molecule has 0 atom stereocenters. The van der Waals surface area contributed by atoms with Gasteiger partial charge in [-0.3, -0.25) is 14.8 Å². The quantitative estimate of drug-likeness (QED) is 0.662. The summed E-state index contributed by atoms with van der Waals surface area (Å²) in [5, 5.41) is 12.8. The predicted octanol–water partition coefficient (Wildman–Crippen LogP) is 3.76. The monoisotopic (exact) mass is 423 g/mol. The Morgan fingerprint density at radius 3 is 2.63 bits per heavy atom. The van der Waals surface area contributed by atoms with Gasteiger partial charge in [0.2, 0.25) is 5.91 Å². The molecule has 4 rings (SSSR count). The van der Waals surface area contributed by atoms with E-state index in [2.05, 4.69) is 32.7 Å². The van der Waals surface area contributed by atoms with Gasteiger partial charge in [0, 0.05) is 24.5 Å². The van der Waals surface area contributed by atoms with Gasteiger partial charge in [0.1, 0.15) is 0 Å². The van der Waals surface area contributed by atoms with Crippen molar-refractivity contribution in [2.75, 3.05) is 25.0 Å². The number of nitrogens with zero attached hydrogens (tertiary/aromatic N) is 2. The second kappa shape index (κ2) is 8.45. The first-order valence-corrected chi connectivity index (χ1v) is 10.7. The third kappa shape index (κ3) is 4.55.